The summed E-state index contributed by atoms with van der Waals surface area (Å²) in [5, 5.41) is 9.96. The van der Waals surface area contributed by atoms with E-state index < -0.39 is 38.0 Å². The summed E-state index contributed by atoms with van der Waals surface area (Å²) in [7, 11) is -4.05. The van der Waals surface area contributed by atoms with Crippen LogP contribution in [0.2, 0.25) is 0 Å². The summed E-state index contributed by atoms with van der Waals surface area (Å²) in [4.78, 5) is -0.520. The Balaban J connectivity index is 2.66. The van der Waals surface area contributed by atoms with Crippen LogP contribution < -0.4 is 4.72 Å². The quantitative estimate of drug-likeness (QED) is 0.838. The van der Waals surface area contributed by atoms with Crippen molar-refractivity contribution in [1.29, 1.82) is 0 Å². The molecule has 0 radical (unpaired) electrons. The molecule has 110 valence electrons. The molecular formula is C12H12F3NO3S. The fraction of sp³-hybridized carbons (Fsp3) is 0.333. The second kappa shape index (κ2) is 4.23. The Kier molecular flexibility index (Phi) is 3.14. The zero-order valence-corrected chi connectivity index (χ0v) is 11.4. The Hall–Kier alpha value is -1.54. The van der Waals surface area contributed by atoms with Gasteiger partial charge in [0.1, 0.15) is 10.7 Å². The molecule has 0 saturated carbocycles. The molecule has 1 aliphatic rings. The van der Waals surface area contributed by atoms with Crippen LogP contribution >= 0.6 is 0 Å². The van der Waals surface area contributed by atoms with Gasteiger partial charge in [-0.15, -0.1) is 0 Å². The number of hydrogen-bond donors (Lipinski definition) is 2. The van der Waals surface area contributed by atoms with Crippen molar-refractivity contribution >= 4 is 14.9 Å². The van der Waals surface area contributed by atoms with E-state index in [0.717, 1.165) is 12.1 Å². The average molecular weight is 307 g/mol. The van der Waals surface area contributed by atoms with E-state index in [1.807, 2.05) is 0 Å². The van der Waals surface area contributed by atoms with Crippen LogP contribution in [0.15, 0.2) is 30.0 Å². The third-order valence-corrected chi connectivity index (χ3v) is 4.66. The van der Waals surface area contributed by atoms with Gasteiger partial charge in [0.25, 0.3) is 0 Å². The Bertz CT molecular complexity index is 690. The van der Waals surface area contributed by atoms with E-state index >= 15 is 0 Å². The summed E-state index contributed by atoms with van der Waals surface area (Å²) in [6.45, 7) is 2.83. The van der Waals surface area contributed by atoms with Crippen molar-refractivity contribution < 1.29 is 26.7 Å². The monoisotopic (exact) mass is 307 g/mol. The van der Waals surface area contributed by atoms with Gasteiger partial charge in [0, 0.05) is 0 Å². The molecule has 2 N–H and O–H groups in total. The van der Waals surface area contributed by atoms with Crippen LogP contribution in [0.1, 0.15) is 25.0 Å². The van der Waals surface area contributed by atoms with E-state index in [2.05, 4.69) is 4.72 Å². The van der Waals surface area contributed by atoms with Gasteiger partial charge in [-0.05, 0) is 31.5 Å². The van der Waals surface area contributed by atoms with E-state index in [1.165, 1.54) is 19.9 Å². The molecule has 0 unspecified atom stereocenters. The highest BCUT2D eigenvalue weighted by Crippen LogP contribution is 2.38. The molecular weight excluding hydrogens is 295 g/mol. The van der Waals surface area contributed by atoms with Crippen LogP contribution in [-0.2, 0) is 16.2 Å². The highest BCUT2D eigenvalue weighted by atomic mass is 32.2. The van der Waals surface area contributed by atoms with Gasteiger partial charge >= 0.3 is 6.18 Å². The normalized spacial score (nSPS) is 21.2. The van der Waals surface area contributed by atoms with Crippen molar-refractivity contribution in [3.63, 3.8) is 0 Å². The van der Waals surface area contributed by atoms with Crippen LogP contribution in [-0.4, -0.2) is 19.1 Å². The molecule has 1 heterocycles. The lowest BCUT2D eigenvalue weighted by Gasteiger charge is -2.16. The standard InChI is InChI=1S/C12H12F3NO3S/c1-11(2)10(17)9(20(18,19)16-11)7-4-3-5-8(6-7)12(13,14)15/h3-6,16-17H,1-2H3. The highest BCUT2D eigenvalue weighted by molar-refractivity contribution is 7.99. The van der Waals surface area contributed by atoms with Gasteiger partial charge in [-0.25, -0.2) is 8.42 Å². The first-order valence-corrected chi connectivity index (χ1v) is 7.09. The Morgan fingerprint density at radius 1 is 1.25 bits per heavy atom. The molecule has 0 aliphatic carbocycles. The topological polar surface area (TPSA) is 66.4 Å². The first-order valence-electron chi connectivity index (χ1n) is 5.60. The van der Waals surface area contributed by atoms with Crippen molar-refractivity contribution in [2.45, 2.75) is 25.6 Å². The van der Waals surface area contributed by atoms with Crippen molar-refractivity contribution in [1.82, 2.24) is 4.72 Å². The molecule has 2 rings (SSSR count). The van der Waals surface area contributed by atoms with Gasteiger partial charge in [0.15, 0.2) is 0 Å². The predicted molar refractivity (Wildman–Crippen MR) is 67.1 cm³/mol. The fourth-order valence-corrected chi connectivity index (χ4v) is 3.79. The molecule has 0 aromatic heterocycles. The van der Waals surface area contributed by atoms with Gasteiger partial charge in [-0.2, -0.15) is 17.9 Å². The van der Waals surface area contributed by atoms with Crippen LogP contribution in [0.3, 0.4) is 0 Å². The first-order chi connectivity index (χ1) is 8.95. The van der Waals surface area contributed by atoms with E-state index in [0.29, 0.717) is 6.07 Å². The smallest absolute Gasteiger partial charge is 0.416 e. The lowest BCUT2D eigenvalue weighted by molar-refractivity contribution is -0.137. The second-order valence-corrected chi connectivity index (χ2v) is 6.61. The molecule has 4 nitrogen and oxygen atoms in total. The maximum absolute atomic E-state index is 12.7. The highest BCUT2D eigenvalue weighted by Gasteiger charge is 2.44. The van der Waals surface area contributed by atoms with Crippen LogP contribution in [0.5, 0.6) is 0 Å². The lowest BCUT2D eigenvalue weighted by atomic mass is 10.0. The van der Waals surface area contributed by atoms with Gasteiger partial charge in [0.05, 0.1) is 11.1 Å². The Morgan fingerprint density at radius 2 is 1.85 bits per heavy atom. The Morgan fingerprint density at radius 3 is 2.30 bits per heavy atom. The van der Waals surface area contributed by atoms with Crippen molar-refractivity contribution in [3.8, 4) is 0 Å². The summed E-state index contributed by atoms with van der Waals surface area (Å²) in [5.41, 5.74) is -2.42. The van der Waals surface area contributed by atoms with Crippen molar-refractivity contribution in [3.05, 3.63) is 41.2 Å². The number of aliphatic hydroxyl groups excluding tert-OH is 1. The summed E-state index contributed by atoms with van der Waals surface area (Å²) < 4.78 is 64.0. The van der Waals surface area contributed by atoms with E-state index in [-0.39, 0.29) is 5.56 Å². The van der Waals surface area contributed by atoms with E-state index in [9.17, 15) is 26.7 Å². The number of benzene rings is 1. The Labute approximate surface area is 114 Å². The minimum atomic E-state index is -4.59. The van der Waals surface area contributed by atoms with Gasteiger partial charge in [0.2, 0.25) is 10.0 Å². The SMILES string of the molecule is CC1(C)NS(=O)(=O)C(c2cccc(C(F)(F)F)c2)=C1O. The molecule has 0 fully saturated rings. The summed E-state index contributed by atoms with van der Waals surface area (Å²) in [6.07, 6.45) is -4.59. The molecule has 1 aromatic carbocycles. The zero-order valence-electron chi connectivity index (χ0n) is 10.6. The molecule has 1 aromatic rings. The first kappa shape index (κ1) is 14.9. The third-order valence-electron chi connectivity index (χ3n) is 2.92. The average Bonchev–Trinajstić information content (AvgIpc) is 2.42. The maximum atomic E-state index is 12.7. The molecule has 1 aliphatic heterocycles. The molecule has 0 amide bonds. The maximum Gasteiger partial charge on any atom is 0.416 e. The third kappa shape index (κ3) is 2.40. The zero-order chi connectivity index (χ0) is 15.3. The summed E-state index contributed by atoms with van der Waals surface area (Å²) in [6, 6.07) is 3.84. The summed E-state index contributed by atoms with van der Waals surface area (Å²) >= 11 is 0. The van der Waals surface area contributed by atoms with Crippen molar-refractivity contribution in [2.24, 2.45) is 0 Å². The number of nitrogens with one attached hydrogen (secondary N) is 1. The summed E-state index contributed by atoms with van der Waals surface area (Å²) in [5.74, 6) is -0.503. The molecule has 20 heavy (non-hydrogen) atoms. The number of alkyl halides is 3. The predicted octanol–water partition coefficient (Wildman–Crippen LogP) is 2.64. The van der Waals surface area contributed by atoms with E-state index in [1.54, 1.807) is 0 Å². The number of aliphatic hydroxyl groups is 1. The number of sulfonamides is 1. The molecule has 0 spiro atoms. The molecule has 0 saturated heterocycles. The minimum Gasteiger partial charge on any atom is -0.509 e. The molecule has 8 heteroatoms. The molecule has 0 bridgehead atoms. The fourth-order valence-electron chi connectivity index (χ4n) is 1.98. The number of rotatable bonds is 1. The van der Waals surface area contributed by atoms with Gasteiger partial charge in [-0.1, -0.05) is 12.1 Å². The van der Waals surface area contributed by atoms with Crippen molar-refractivity contribution in [2.75, 3.05) is 0 Å². The minimum absolute atomic E-state index is 0.199. The molecule has 0 atom stereocenters. The van der Waals surface area contributed by atoms with E-state index in [4.69, 9.17) is 0 Å². The van der Waals surface area contributed by atoms with Crippen LogP contribution in [0.4, 0.5) is 13.2 Å². The second-order valence-electron chi connectivity index (χ2n) is 4.99. The van der Waals surface area contributed by atoms with Crippen LogP contribution in [0.25, 0.3) is 4.91 Å². The van der Waals surface area contributed by atoms with Gasteiger partial charge in [-0.3, -0.25) is 0 Å². The van der Waals surface area contributed by atoms with Crippen LogP contribution in [0, 0.1) is 0 Å². The lowest BCUT2D eigenvalue weighted by Crippen LogP contribution is -2.38. The number of halogens is 3. The largest absolute Gasteiger partial charge is 0.509 e. The number of hydrogen-bond acceptors (Lipinski definition) is 3. The van der Waals surface area contributed by atoms with Gasteiger partial charge < -0.3 is 5.11 Å².